The van der Waals surface area contributed by atoms with Crippen LogP contribution >= 0.6 is 12.2 Å². The SMILES string of the molecule is CCC(=O)NC(=S)Nc1cc(-c2cc3ccccc3oc2=O)ccc1OC. The number of ether oxygens (including phenoxy) is 1. The molecule has 0 aliphatic carbocycles. The lowest BCUT2D eigenvalue weighted by Crippen LogP contribution is -2.33. The molecule has 2 aromatic carbocycles. The van der Waals surface area contributed by atoms with Gasteiger partial charge in [-0.05, 0) is 42.0 Å². The highest BCUT2D eigenvalue weighted by Gasteiger charge is 2.12. The van der Waals surface area contributed by atoms with E-state index in [1.165, 1.54) is 7.11 Å². The van der Waals surface area contributed by atoms with E-state index < -0.39 is 5.63 Å². The van der Waals surface area contributed by atoms with Gasteiger partial charge in [-0.1, -0.05) is 31.2 Å². The van der Waals surface area contributed by atoms with Crippen molar-refractivity contribution in [3.05, 3.63) is 59.0 Å². The number of benzene rings is 2. The van der Waals surface area contributed by atoms with Crippen LogP contribution in [0.2, 0.25) is 0 Å². The van der Waals surface area contributed by atoms with E-state index in [1.54, 1.807) is 37.3 Å². The normalized spacial score (nSPS) is 10.4. The number of fused-ring (bicyclic) bond motifs is 1. The maximum Gasteiger partial charge on any atom is 0.344 e. The minimum atomic E-state index is -0.438. The monoisotopic (exact) mass is 382 g/mol. The maximum absolute atomic E-state index is 12.4. The van der Waals surface area contributed by atoms with Crippen molar-refractivity contribution in [1.29, 1.82) is 0 Å². The molecule has 0 atom stereocenters. The number of carbonyl (C=O) groups is 1. The molecule has 27 heavy (non-hydrogen) atoms. The first-order chi connectivity index (χ1) is 13.0. The zero-order valence-corrected chi connectivity index (χ0v) is 15.7. The number of thiocarbonyl (C=S) groups is 1. The van der Waals surface area contributed by atoms with Crippen LogP contribution in [0.5, 0.6) is 5.75 Å². The van der Waals surface area contributed by atoms with Crippen molar-refractivity contribution in [2.24, 2.45) is 0 Å². The lowest BCUT2D eigenvalue weighted by molar-refractivity contribution is -0.119. The van der Waals surface area contributed by atoms with E-state index in [0.29, 0.717) is 34.6 Å². The van der Waals surface area contributed by atoms with E-state index in [1.807, 2.05) is 18.2 Å². The smallest absolute Gasteiger partial charge is 0.344 e. The lowest BCUT2D eigenvalue weighted by Gasteiger charge is -2.14. The number of hydrogen-bond donors (Lipinski definition) is 2. The van der Waals surface area contributed by atoms with Gasteiger partial charge in [-0.3, -0.25) is 4.79 Å². The first kappa shape index (κ1) is 18.6. The summed E-state index contributed by atoms with van der Waals surface area (Å²) in [5, 5.41) is 6.48. The van der Waals surface area contributed by atoms with Crippen LogP contribution in [0.25, 0.3) is 22.1 Å². The molecule has 0 spiro atoms. The van der Waals surface area contributed by atoms with Crippen molar-refractivity contribution in [2.75, 3.05) is 12.4 Å². The van der Waals surface area contributed by atoms with E-state index in [2.05, 4.69) is 10.6 Å². The highest BCUT2D eigenvalue weighted by Crippen LogP contribution is 2.30. The minimum absolute atomic E-state index is 0.155. The summed E-state index contributed by atoms with van der Waals surface area (Å²) in [5.41, 5.74) is 1.68. The summed E-state index contributed by atoms with van der Waals surface area (Å²) in [6.07, 6.45) is 0.317. The molecule has 0 bridgehead atoms. The summed E-state index contributed by atoms with van der Waals surface area (Å²) in [5.74, 6) is 0.329. The fourth-order valence-corrected chi connectivity index (χ4v) is 2.83. The molecule has 0 unspecified atom stereocenters. The number of hydrogen-bond acceptors (Lipinski definition) is 5. The Hall–Kier alpha value is -3.19. The molecule has 1 heterocycles. The van der Waals surface area contributed by atoms with E-state index in [-0.39, 0.29) is 11.0 Å². The molecule has 0 aliphatic rings. The van der Waals surface area contributed by atoms with Crippen LogP contribution in [0, 0.1) is 0 Å². The fourth-order valence-electron chi connectivity index (χ4n) is 2.60. The molecule has 0 aliphatic heterocycles. The van der Waals surface area contributed by atoms with Gasteiger partial charge in [-0.15, -0.1) is 0 Å². The molecule has 0 saturated carbocycles. The zero-order valence-electron chi connectivity index (χ0n) is 14.9. The maximum atomic E-state index is 12.4. The number of rotatable bonds is 4. The summed E-state index contributed by atoms with van der Waals surface area (Å²) in [7, 11) is 1.53. The third-order valence-electron chi connectivity index (χ3n) is 3.97. The van der Waals surface area contributed by atoms with Gasteiger partial charge >= 0.3 is 5.63 Å². The van der Waals surface area contributed by atoms with Crippen LogP contribution in [-0.2, 0) is 4.79 Å². The van der Waals surface area contributed by atoms with Gasteiger partial charge in [0.15, 0.2) is 5.11 Å². The standard InChI is InChI=1S/C20H18N2O4S/c1-3-18(23)22-20(27)21-15-11-12(8-9-17(15)25-2)14-10-13-6-4-5-7-16(13)26-19(14)24/h4-11H,3H2,1-2H3,(H2,21,22,23,27). The van der Waals surface area contributed by atoms with Crippen LogP contribution in [-0.4, -0.2) is 18.1 Å². The Morgan fingerprint density at radius 3 is 2.70 bits per heavy atom. The Kier molecular flexibility index (Phi) is 5.52. The first-order valence-corrected chi connectivity index (χ1v) is 8.74. The van der Waals surface area contributed by atoms with Crippen LogP contribution in [0.4, 0.5) is 5.69 Å². The summed E-state index contributed by atoms with van der Waals surface area (Å²) < 4.78 is 10.7. The average molecular weight is 382 g/mol. The lowest BCUT2D eigenvalue weighted by atomic mass is 10.0. The molecule has 1 aromatic heterocycles. The van der Waals surface area contributed by atoms with Crippen molar-refractivity contribution < 1.29 is 13.9 Å². The summed E-state index contributed by atoms with van der Waals surface area (Å²) >= 11 is 5.16. The average Bonchev–Trinajstić information content (AvgIpc) is 2.67. The highest BCUT2D eigenvalue weighted by atomic mass is 32.1. The van der Waals surface area contributed by atoms with Gasteiger partial charge in [0.25, 0.3) is 0 Å². The van der Waals surface area contributed by atoms with Gasteiger partial charge < -0.3 is 19.8 Å². The second-order valence-corrected chi connectivity index (χ2v) is 6.16. The van der Waals surface area contributed by atoms with Gasteiger partial charge in [0.05, 0.1) is 18.4 Å². The molecule has 138 valence electrons. The number of methoxy groups -OCH3 is 1. The van der Waals surface area contributed by atoms with Crippen molar-refractivity contribution in [3.63, 3.8) is 0 Å². The van der Waals surface area contributed by atoms with Crippen LogP contribution < -0.4 is 21.0 Å². The third kappa shape index (κ3) is 4.15. The molecule has 2 N–H and O–H groups in total. The Balaban J connectivity index is 2.00. The first-order valence-electron chi connectivity index (χ1n) is 8.34. The highest BCUT2D eigenvalue weighted by molar-refractivity contribution is 7.80. The topological polar surface area (TPSA) is 80.6 Å². The van der Waals surface area contributed by atoms with Gasteiger partial charge in [-0.25, -0.2) is 4.79 Å². The number of nitrogens with one attached hydrogen (secondary N) is 2. The molecule has 0 fully saturated rings. The number of para-hydroxylation sites is 1. The molecule has 6 nitrogen and oxygen atoms in total. The number of carbonyl (C=O) groups excluding carboxylic acids is 1. The quantitative estimate of drug-likeness (QED) is 0.529. The molecule has 3 rings (SSSR count). The number of amides is 1. The van der Waals surface area contributed by atoms with Gasteiger partial charge in [0.2, 0.25) is 5.91 Å². The predicted octanol–water partition coefficient (Wildman–Crippen LogP) is 3.69. The van der Waals surface area contributed by atoms with Gasteiger partial charge in [0.1, 0.15) is 11.3 Å². The Labute approximate surface area is 161 Å². The van der Waals surface area contributed by atoms with Crippen molar-refractivity contribution in [1.82, 2.24) is 5.32 Å². The van der Waals surface area contributed by atoms with Crippen LogP contribution in [0.1, 0.15) is 13.3 Å². The second kappa shape index (κ2) is 8.01. The van der Waals surface area contributed by atoms with E-state index in [4.69, 9.17) is 21.4 Å². The summed E-state index contributed by atoms with van der Waals surface area (Å²) in [6.45, 7) is 1.73. The van der Waals surface area contributed by atoms with E-state index in [0.717, 1.165) is 5.39 Å². The largest absolute Gasteiger partial charge is 0.495 e. The number of anilines is 1. The molecule has 0 saturated heterocycles. The summed E-state index contributed by atoms with van der Waals surface area (Å²) in [4.78, 5) is 23.9. The minimum Gasteiger partial charge on any atom is -0.495 e. The molecule has 1 amide bonds. The van der Waals surface area contributed by atoms with Crippen LogP contribution in [0.15, 0.2) is 57.7 Å². The zero-order chi connectivity index (χ0) is 19.4. The van der Waals surface area contributed by atoms with Crippen LogP contribution in [0.3, 0.4) is 0 Å². The fraction of sp³-hybridized carbons (Fsp3) is 0.150. The molecular weight excluding hydrogens is 364 g/mol. The van der Waals surface area contributed by atoms with E-state index >= 15 is 0 Å². The molecule has 0 radical (unpaired) electrons. The van der Waals surface area contributed by atoms with Gasteiger partial charge in [0, 0.05) is 11.8 Å². The second-order valence-electron chi connectivity index (χ2n) is 5.76. The van der Waals surface area contributed by atoms with Crippen molar-refractivity contribution in [3.8, 4) is 16.9 Å². The summed E-state index contributed by atoms with van der Waals surface area (Å²) in [6, 6.07) is 14.3. The predicted molar refractivity (Wildman–Crippen MR) is 109 cm³/mol. The third-order valence-corrected chi connectivity index (χ3v) is 4.18. The Bertz CT molecular complexity index is 1080. The van der Waals surface area contributed by atoms with Crippen molar-refractivity contribution >= 4 is 39.9 Å². The Morgan fingerprint density at radius 2 is 1.96 bits per heavy atom. The van der Waals surface area contributed by atoms with E-state index in [9.17, 15) is 9.59 Å². The molecule has 7 heteroatoms. The van der Waals surface area contributed by atoms with Crippen molar-refractivity contribution in [2.45, 2.75) is 13.3 Å². The van der Waals surface area contributed by atoms with Gasteiger partial charge in [-0.2, -0.15) is 0 Å². The molecule has 3 aromatic rings. The molecular formula is C20H18N2O4S. The Morgan fingerprint density at radius 1 is 1.19 bits per heavy atom.